The largest absolute Gasteiger partial charge is 0.480 e. The number of nitrogens with one attached hydrogen (secondary N) is 3. The van der Waals surface area contributed by atoms with Crippen LogP contribution in [0.5, 0.6) is 5.75 Å². The zero-order valence-corrected chi connectivity index (χ0v) is 18.5. The van der Waals surface area contributed by atoms with Gasteiger partial charge in [-0.05, 0) is 49.9 Å². The van der Waals surface area contributed by atoms with Gasteiger partial charge < -0.3 is 20.7 Å². The van der Waals surface area contributed by atoms with Crippen LogP contribution in [0.3, 0.4) is 0 Å². The van der Waals surface area contributed by atoms with E-state index < -0.39 is 0 Å². The number of nitrogens with zero attached hydrogens (tertiary/aromatic N) is 4. The summed E-state index contributed by atoms with van der Waals surface area (Å²) in [4.78, 5) is 24.3. The molecule has 3 aromatic rings. The number of nitriles is 1. The van der Waals surface area contributed by atoms with Crippen molar-refractivity contribution in [2.45, 2.75) is 44.3 Å². The first-order valence-electron chi connectivity index (χ1n) is 11.3. The Kier molecular flexibility index (Phi) is 6.29. The molecule has 2 aliphatic heterocycles. The summed E-state index contributed by atoms with van der Waals surface area (Å²) in [6.07, 6.45) is 4.47. The molecule has 0 radical (unpaired) electrons. The fourth-order valence-electron chi connectivity index (χ4n) is 4.40. The SMILES string of the molecule is N#Cc1ccc2ncc(F)c(CC[C@@H]3CC[C@@H](NCc4ccc5c(n4)NC(=O)CO5)CN3)c2n1. The zero-order chi connectivity index (χ0) is 23.5. The molecule has 10 heteroatoms. The maximum absolute atomic E-state index is 14.5. The molecule has 0 aliphatic carbocycles. The Morgan fingerprint density at radius 2 is 2.15 bits per heavy atom. The molecule has 1 saturated heterocycles. The maximum Gasteiger partial charge on any atom is 0.263 e. The molecule has 3 aromatic heterocycles. The summed E-state index contributed by atoms with van der Waals surface area (Å²) in [6.45, 7) is 1.40. The molecule has 9 nitrogen and oxygen atoms in total. The number of halogens is 1. The number of piperidine rings is 1. The van der Waals surface area contributed by atoms with E-state index in [9.17, 15) is 9.18 Å². The summed E-state index contributed by atoms with van der Waals surface area (Å²) in [6, 6.07) is 9.58. The van der Waals surface area contributed by atoms with Crippen LogP contribution >= 0.6 is 0 Å². The third-order valence-electron chi connectivity index (χ3n) is 6.24. The number of rotatable bonds is 6. The van der Waals surface area contributed by atoms with Gasteiger partial charge >= 0.3 is 0 Å². The molecule has 1 fully saturated rings. The van der Waals surface area contributed by atoms with E-state index in [4.69, 9.17) is 10.00 Å². The van der Waals surface area contributed by atoms with Gasteiger partial charge in [-0.3, -0.25) is 9.78 Å². The third-order valence-corrected chi connectivity index (χ3v) is 6.24. The molecule has 1 amide bonds. The van der Waals surface area contributed by atoms with Crippen molar-refractivity contribution >= 4 is 22.8 Å². The van der Waals surface area contributed by atoms with Crippen LogP contribution in [0.25, 0.3) is 11.0 Å². The van der Waals surface area contributed by atoms with Crippen LogP contribution < -0.4 is 20.7 Å². The van der Waals surface area contributed by atoms with E-state index in [2.05, 4.69) is 30.9 Å². The Bertz CT molecular complexity index is 1270. The maximum atomic E-state index is 14.5. The number of carbonyl (C=O) groups is 1. The van der Waals surface area contributed by atoms with Crippen molar-refractivity contribution in [2.24, 2.45) is 0 Å². The molecule has 0 unspecified atom stereocenters. The predicted molar refractivity (Wildman–Crippen MR) is 123 cm³/mol. The van der Waals surface area contributed by atoms with Gasteiger partial charge in [-0.15, -0.1) is 0 Å². The standard InChI is InChI=1S/C24H24FN7O2/c25-19-12-29-20-7-4-15(9-26)30-23(20)18(19)6-3-14-1-2-16(10-27-14)28-11-17-5-8-21-24(31-17)32-22(33)13-34-21/h4-5,7-8,12,14,16,27-28H,1-3,6,10-11,13H2,(H,31,32,33)/t14-,16+/m0/s1. The monoisotopic (exact) mass is 461 g/mol. The molecule has 2 aliphatic rings. The minimum atomic E-state index is -0.385. The third kappa shape index (κ3) is 4.81. The first-order chi connectivity index (χ1) is 16.6. The minimum Gasteiger partial charge on any atom is -0.480 e. The fourth-order valence-corrected chi connectivity index (χ4v) is 4.40. The van der Waals surface area contributed by atoms with E-state index in [-0.39, 0.29) is 30.1 Å². The first-order valence-corrected chi connectivity index (χ1v) is 11.3. The molecule has 2 atom stereocenters. The fraction of sp³-hybridized carbons (Fsp3) is 0.375. The quantitative estimate of drug-likeness (QED) is 0.510. The minimum absolute atomic E-state index is 0.0165. The molecule has 5 rings (SSSR count). The van der Waals surface area contributed by atoms with Gasteiger partial charge in [-0.25, -0.2) is 14.4 Å². The average Bonchev–Trinajstić information content (AvgIpc) is 2.87. The molecular formula is C24H24FN7O2. The van der Waals surface area contributed by atoms with Gasteiger partial charge in [0.05, 0.1) is 22.9 Å². The van der Waals surface area contributed by atoms with Crippen molar-refractivity contribution in [2.75, 3.05) is 18.5 Å². The highest BCUT2D eigenvalue weighted by molar-refractivity contribution is 5.94. The summed E-state index contributed by atoms with van der Waals surface area (Å²) in [7, 11) is 0. The van der Waals surface area contributed by atoms with E-state index in [1.165, 1.54) is 6.20 Å². The van der Waals surface area contributed by atoms with Gasteiger partial charge in [0.25, 0.3) is 5.91 Å². The van der Waals surface area contributed by atoms with Crippen molar-refractivity contribution in [3.8, 4) is 11.8 Å². The number of fused-ring (bicyclic) bond motifs is 2. The number of hydrogen-bond donors (Lipinski definition) is 3. The van der Waals surface area contributed by atoms with E-state index >= 15 is 0 Å². The highest BCUT2D eigenvalue weighted by atomic mass is 19.1. The number of amides is 1. The van der Waals surface area contributed by atoms with Crippen molar-refractivity contribution in [3.63, 3.8) is 0 Å². The van der Waals surface area contributed by atoms with Crippen molar-refractivity contribution in [3.05, 3.63) is 53.2 Å². The van der Waals surface area contributed by atoms with Gasteiger partial charge in [0.1, 0.15) is 17.6 Å². The van der Waals surface area contributed by atoms with Gasteiger partial charge in [0.2, 0.25) is 0 Å². The molecular weight excluding hydrogens is 437 g/mol. The summed E-state index contributed by atoms with van der Waals surface area (Å²) in [5.41, 5.74) is 2.66. The van der Waals surface area contributed by atoms with Crippen LogP contribution in [-0.4, -0.2) is 46.1 Å². The van der Waals surface area contributed by atoms with Gasteiger partial charge in [-0.2, -0.15) is 5.26 Å². The second-order valence-corrected chi connectivity index (χ2v) is 8.55. The van der Waals surface area contributed by atoms with Crippen LogP contribution in [0, 0.1) is 17.1 Å². The lowest BCUT2D eigenvalue weighted by molar-refractivity contribution is -0.118. The van der Waals surface area contributed by atoms with Crippen LogP contribution in [0.15, 0.2) is 30.5 Å². The van der Waals surface area contributed by atoms with Crippen molar-refractivity contribution < 1.29 is 13.9 Å². The zero-order valence-electron chi connectivity index (χ0n) is 18.5. The molecule has 0 bridgehead atoms. The normalized spacial score (nSPS) is 19.7. The average molecular weight is 462 g/mol. The number of carbonyl (C=O) groups excluding carboxylic acids is 1. The van der Waals surface area contributed by atoms with Gasteiger partial charge in [0, 0.05) is 30.7 Å². The molecule has 34 heavy (non-hydrogen) atoms. The van der Waals surface area contributed by atoms with Crippen LogP contribution in [-0.2, 0) is 17.8 Å². The number of aryl methyl sites for hydroxylation is 1. The lowest BCUT2D eigenvalue weighted by Crippen LogP contribution is -2.47. The Hall–Kier alpha value is -3.68. The second kappa shape index (κ2) is 9.67. The summed E-state index contributed by atoms with van der Waals surface area (Å²) < 4.78 is 19.9. The summed E-state index contributed by atoms with van der Waals surface area (Å²) >= 11 is 0. The Labute approximate surface area is 195 Å². The molecule has 5 heterocycles. The van der Waals surface area contributed by atoms with E-state index in [1.54, 1.807) is 12.1 Å². The highest BCUT2D eigenvalue weighted by Crippen LogP contribution is 2.25. The first kappa shape index (κ1) is 22.1. The molecule has 174 valence electrons. The van der Waals surface area contributed by atoms with E-state index in [0.717, 1.165) is 31.5 Å². The van der Waals surface area contributed by atoms with E-state index in [0.29, 0.717) is 47.2 Å². The number of hydrogen-bond acceptors (Lipinski definition) is 8. The number of anilines is 1. The van der Waals surface area contributed by atoms with Crippen molar-refractivity contribution in [1.29, 1.82) is 5.26 Å². The van der Waals surface area contributed by atoms with Gasteiger partial charge in [-0.1, -0.05) is 0 Å². The molecule has 3 N–H and O–H groups in total. The van der Waals surface area contributed by atoms with Gasteiger partial charge in [0.15, 0.2) is 18.2 Å². The van der Waals surface area contributed by atoms with Crippen LogP contribution in [0.1, 0.15) is 36.2 Å². The summed E-state index contributed by atoms with van der Waals surface area (Å²) in [5.74, 6) is 0.464. The summed E-state index contributed by atoms with van der Waals surface area (Å²) in [5, 5.41) is 18.9. The molecule has 0 spiro atoms. The lowest BCUT2D eigenvalue weighted by atomic mass is 9.95. The second-order valence-electron chi connectivity index (χ2n) is 8.55. The Morgan fingerprint density at radius 3 is 2.97 bits per heavy atom. The Morgan fingerprint density at radius 1 is 1.24 bits per heavy atom. The molecule has 0 aromatic carbocycles. The van der Waals surface area contributed by atoms with Crippen LogP contribution in [0.4, 0.5) is 10.2 Å². The number of ether oxygens (including phenoxy) is 1. The predicted octanol–water partition coefficient (Wildman–Crippen LogP) is 2.21. The Balaban J connectivity index is 1.13. The smallest absolute Gasteiger partial charge is 0.263 e. The van der Waals surface area contributed by atoms with E-state index in [1.807, 2.05) is 18.2 Å². The van der Waals surface area contributed by atoms with Crippen molar-refractivity contribution in [1.82, 2.24) is 25.6 Å². The highest BCUT2D eigenvalue weighted by Gasteiger charge is 2.22. The number of aromatic nitrogens is 3. The topological polar surface area (TPSA) is 125 Å². The van der Waals surface area contributed by atoms with Crippen LogP contribution in [0.2, 0.25) is 0 Å². The molecule has 0 saturated carbocycles. The lowest BCUT2D eigenvalue weighted by Gasteiger charge is -2.30. The number of pyridine rings is 3.